The molecule has 0 saturated heterocycles. The molecule has 13 heavy (non-hydrogen) atoms. The summed E-state index contributed by atoms with van der Waals surface area (Å²) in [6.07, 6.45) is 2.83. The molecule has 0 rings (SSSR count). The molecule has 0 bridgehead atoms. The molecule has 0 aromatic carbocycles. The van der Waals surface area contributed by atoms with Crippen LogP contribution in [0.2, 0.25) is 0 Å². The van der Waals surface area contributed by atoms with Gasteiger partial charge in [-0.05, 0) is 13.0 Å². The largest absolute Gasteiger partial charge is 0.316 e. The molecule has 0 unspecified atom stereocenters. The first-order valence-corrected chi connectivity index (χ1v) is 4.73. The van der Waals surface area contributed by atoms with Crippen molar-refractivity contribution in [3.8, 4) is 0 Å². The number of carbonyl (C=O) groups excluding carboxylic acids is 1. The number of nitrogens with one attached hydrogen (secondary N) is 1. The number of unbranched alkanes of at least 4 members (excludes halogenated alkanes) is 1. The Morgan fingerprint density at radius 1 is 1.46 bits per heavy atom. The van der Waals surface area contributed by atoms with Gasteiger partial charge in [-0.15, -0.1) is 0 Å². The fraction of sp³-hybridized carbons (Fsp3) is 0.889. The molecule has 4 nitrogen and oxygen atoms in total. The average Bonchev–Trinajstić information content (AvgIpc) is 2.16. The zero-order valence-corrected chi connectivity index (χ0v) is 8.80. The number of hydrogen-bond donors (Lipinski definition) is 1. The van der Waals surface area contributed by atoms with Gasteiger partial charge in [-0.2, -0.15) is 0 Å². The van der Waals surface area contributed by atoms with Crippen molar-refractivity contribution in [2.75, 3.05) is 27.2 Å². The van der Waals surface area contributed by atoms with Gasteiger partial charge in [-0.25, -0.2) is 5.06 Å². The van der Waals surface area contributed by atoms with Crippen molar-refractivity contribution in [3.05, 3.63) is 0 Å². The van der Waals surface area contributed by atoms with Crippen molar-refractivity contribution in [2.45, 2.75) is 26.2 Å². The third kappa shape index (κ3) is 6.54. The molecule has 1 amide bonds. The second-order valence-electron chi connectivity index (χ2n) is 2.93. The standard InChI is InChI=1S/C9H20N2O2/c1-4-5-7-10-8-6-9(12)11(2)13-3/h10H,4-8H2,1-3H3. The van der Waals surface area contributed by atoms with Gasteiger partial charge in [0.2, 0.25) is 5.91 Å². The van der Waals surface area contributed by atoms with Gasteiger partial charge in [0.15, 0.2) is 0 Å². The predicted molar refractivity (Wildman–Crippen MR) is 52.2 cm³/mol. The number of rotatable bonds is 7. The fourth-order valence-corrected chi connectivity index (χ4v) is 0.881. The first kappa shape index (κ1) is 12.4. The highest BCUT2D eigenvalue weighted by atomic mass is 16.7. The smallest absolute Gasteiger partial charge is 0.247 e. The third-order valence-electron chi connectivity index (χ3n) is 1.85. The van der Waals surface area contributed by atoms with E-state index in [2.05, 4.69) is 12.2 Å². The van der Waals surface area contributed by atoms with Crippen LogP contribution in [0.3, 0.4) is 0 Å². The molecule has 0 fully saturated rings. The first-order valence-electron chi connectivity index (χ1n) is 4.73. The summed E-state index contributed by atoms with van der Waals surface area (Å²) in [4.78, 5) is 15.9. The highest BCUT2D eigenvalue weighted by Crippen LogP contribution is 1.89. The lowest BCUT2D eigenvalue weighted by molar-refractivity contribution is -0.168. The molecule has 0 aliphatic heterocycles. The van der Waals surface area contributed by atoms with Gasteiger partial charge < -0.3 is 5.32 Å². The minimum Gasteiger partial charge on any atom is -0.316 e. The van der Waals surface area contributed by atoms with Crippen molar-refractivity contribution in [3.63, 3.8) is 0 Å². The molecule has 1 N–H and O–H groups in total. The van der Waals surface area contributed by atoms with E-state index < -0.39 is 0 Å². The van der Waals surface area contributed by atoms with E-state index in [-0.39, 0.29) is 5.91 Å². The van der Waals surface area contributed by atoms with Crippen LogP contribution in [0.5, 0.6) is 0 Å². The van der Waals surface area contributed by atoms with E-state index in [1.54, 1.807) is 7.05 Å². The molecule has 0 aliphatic carbocycles. The number of amides is 1. The maximum atomic E-state index is 11.2. The maximum absolute atomic E-state index is 11.2. The van der Waals surface area contributed by atoms with Crippen molar-refractivity contribution >= 4 is 5.91 Å². The highest BCUT2D eigenvalue weighted by Gasteiger charge is 2.05. The van der Waals surface area contributed by atoms with E-state index >= 15 is 0 Å². The first-order chi connectivity index (χ1) is 6.22. The summed E-state index contributed by atoms with van der Waals surface area (Å²) in [6.45, 7) is 3.86. The Bertz CT molecular complexity index is 140. The van der Waals surface area contributed by atoms with E-state index in [0.717, 1.165) is 19.5 Å². The van der Waals surface area contributed by atoms with Crippen molar-refractivity contribution < 1.29 is 9.63 Å². The van der Waals surface area contributed by atoms with Crippen molar-refractivity contribution in [1.82, 2.24) is 10.4 Å². The molecular weight excluding hydrogens is 168 g/mol. The number of nitrogens with zero attached hydrogens (tertiary/aromatic N) is 1. The van der Waals surface area contributed by atoms with Crippen LogP contribution in [0.1, 0.15) is 26.2 Å². The van der Waals surface area contributed by atoms with Crippen molar-refractivity contribution in [1.29, 1.82) is 0 Å². The number of carbonyl (C=O) groups is 1. The molecule has 78 valence electrons. The molecule has 0 spiro atoms. The van der Waals surface area contributed by atoms with Crippen LogP contribution in [0.15, 0.2) is 0 Å². The Morgan fingerprint density at radius 3 is 2.69 bits per heavy atom. The molecule has 0 aliphatic rings. The predicted octanol–water partition coefficient (Wildman–Crippen LogP) is 0.786. The quantitative estimate of drug-likeness (QED) is 0.474. The Morgan fingerprint density at radius 2 is 2.15 bits per heavy atom. The van der Waals surface area contributed by atoms with E-state index in [0.29, 0.717) is 6.42 Å². The Hall–Kier alpha value is -0.610. The van der Waals surface area contributed by atoms with E-state index in [4.69, 9.17) is 4.84 Å². The molecule has 0 aromatic rings. The van der Waals surface area contributed by atoms with Gasteiger partial charge in [-0.3, -0.25) is 9.63 Å². The normalized spacial score (nSPS) is 10.1. The van der Waals surface area contributed by atoms with Crippen LogP contribution in [0, 0.1) is 0 Å². The fourth-order valence-electron chi connectivity index (χ4n) is 0.881. The SMILES string of the molecule is CCCCNCCC(=O)N(C)OC. The van der Waals surface area contributed by atoms with Crippen LogP contribution in [0.4, 0.5) is 0 Å². The lowest BCUT2D eigenvalue weighted by atomic mass is 10.3. The van der Waals surface area contributed by atoms with E-state index in [1.807, 2.05) is 0 Å². The zero-order chi connectivity index (χ0) is 10.1. The lowest BCUT2D eigenvalue weighted by Crippen LogP contribution is -2.29. The summed E-state index contributed by atoms with van der Waals surface area (Å²) in [5, 5.41) is 4.44. The van der Waals surface area contributed by atoms with Crippen LogP contribution in [-0.4, -0.2) is 38.2 Å². The highest BCUT2D eigenvalue weighted by molar-refractivity contribution is 5.74. The number of hydroxylamine groups is 2. The van der Waals surface area contributed by atoms with Gasteiger partial charge >= 0.3 is 0 Å². The van der Waals surface area contributed by atoms with Crippen LogP contribution >= 0.6 is 0 Å². The summed E-state index contributed by atoms with van der Waals surface area (Å²) in [5.74, 6) is 0.00602. The molecule has 0 aromatic heterocycles. The minimum absolute atomic E-state index is 0.00602. The van der Waals surface area contributed by atoms with Crippen LogP contribution in [-0.2, 0) is 9.63 Å². The lowest BCUT2D eigenvalue weighted by Gasteiger charge is -2.13. The zero-order valence-electron chi connectivity index (χ0n) is 8.80. The summed E-state index contributed by atoms with van der Waals surface area (Å²) in [6, 6.07) is 0. The molecule has 0 radical (unpaired) electrons. The topological polar surface area (TPSA) is 41.6 Å². The van der Waals surface area contributed by atoms with E-state index in [1.165, 1.54) is 18.6 Å². The minimum atomic E-state index is 0.00602. The maximum Gasteiger partial charge on any atom is 0.247 e. The summed E-state index contributed by atoms with van der Waals surface area (Å²) < 4.78 is 0. The Labute approximate surface area is 80.2 Å². The van der Waals surface area contributed by atoms with Gasteiger partial charge in [0.25, 0.3) is 0 Å². The number of hydrogen-bond acceptors (Lipinski definition) is 3. The molecular formula is C9H20N2O2. The van der Waals surface area contributed by atoms with E-state index in [9.17, 15) is 4.79 Å². The summed E-state index contributed by atoms with van der Waals surface area (Å²) >= 11 is 0. The molecule has 4 heteroatoms. The Balaban J connectivity index is 3.27. The third-order valence-corrected chi connectivity index (χ3v) is 1.85. The van der Waals surface area contributed by atoms with Gasteiger partial charge in [-0.1, -0.05) is 13.3 Å². The Kier molecular flexibility index (Phi) is 7.63. The van der Waals surface area contributed by atoms with Crippen LogP contribution in [0.25, 0.3) is 0 Å². The summed E-state index contributed by atoms with van der Waals surface area (Å²) in [7, 11) is 3.11. The molecule has 0 saturated carbocycles. The average molecular weight is 188 g/mol. The van der Waals surface area contributed by atoms with Gasteiger partial charge in [0.1, 0.15) is 0 Å². The molecule has 0 heterocycles. The second-order valence-corrected chi connectivity index (χ2v) is 2.93. The summed E-state index contributed by atoms with van der Waals surface area (Å²) in [5.41, 5.74) is 0. The van der Waals surface area contributed by atoms with Gasteiger partial charge in [0.05, 0.1) is 7.11 Å². The van der Waals surface area contributed by atoms with Crippen molar-refractivity contribution in [2.24, 2.45) is 0 Å². The second kappa shape index (κ2) is 8.01. The van der Waals surface area contributed by atoms with Gasteiger partial charge in [0, 0.05) is 20.0 Å². The van der Waals surface area contributed by atoms with Crippen LogP contribution < -0.4 is 5.32 Å². The molecule has 0 atom stereocenters. The monoisotopic (exact) mass is 188 g/mol.